The van der Waals surface area contributed by atoms with Gasteiger partial charge in [0.2, 0.25) is 0 Å². The van der Waals surface area contributed by atoms with Gasteiger partial charge in [-0.3, -0.25) is 4.21 Å². The molecule has 1 aliphatic heterocycles. The van der Waals surface area contributed by atoms with Crippen molar-refractivity contribution in [1.29, 1.82) is 0 Å². The lowest BCUT2D eigenvalue weighted by Crippen LogP contribution is -2.53. The summed E-state index contributed by atoms with van der Waals surface area (Å²) in [5.41, 5.74) is 7.32. The van der Waals surface area contributed by atoms with Crippen LogP contribution in [-0.2, 0) is 15.5 Å². The van der Waals surface area contributed by atoms with Gasteiger partial charge in [0.25, 0.3) is 0 Å². The molecular weight excluding hydrogens is 224 g/mol. The fourth-order valence-electron chi connectivity index (χ4n) is 1.63. The third kappa shape index (κ3) is 2.20. The third-order valence-electron chi connectivity index (χ3n) is 2.63. The number of rotatable bonds is 3. The van der Waals surface area contributed by atoms with E-state index in [1.54, 1.807) is 18.4 Å². The van der Waals surface area contributed by atoms with Gasteiger partial charge < -0.3 is 15.8 Å². The van der Waals surface area contributed by atoms with Gasteiger partial charge >= 0.3 is 0 Å². The van der Waals surface area contributed by atoms with Gasteiger partial charge in [0.05, 0.1) is 30.1 Å². The van der Waals surface area contributed by atoms with Gasteiger partial charge in [0.1, 0.15) is 0 Å². The van der Waals surface area contributed by atoms with Crippen LogP contribution < -0.4 is 11.1 Å². The number of anilines is 2. The van der Waals surface area contributed by atoms with Gasteiger partial charge in [-0.25, -0.2) is 0 Å². The molecule has 3 N–H and O–H groups in total. The predicted octanol–water partition coefficient (Wildman–Crippen LogP) is 1.21. The van der Waals surface area contributed by atoms with E-state index < -0.39 is 10.8 Å². The van der Waals surface area contributed by atoms with Crippen molar-refractivity contribution in [2.24, 2.45) is 0 Å². The van der Waals surface area contributed by atoms with E-state index in [2.05, 4.69) is 12.2 Å². The van der Waals surface area contributed by atoms with Crippen molar-refractivity contribution in [3.63, 3.8) is 0 Å². The lowest BCUT2D eigenvalue weighted by atomic mass is 10.00. The minimum Gasteiger partial charge on any atom is -0.397 e. The van der Waals surface area contributed by atoms with Gasteiger partial charge in [-0.05, 0) is 25.1 Å². The summed E-state index contributed by atoms with van der Waals surface area (Å²) in [5, 5.41) is 3.33. The summed E-state index contributed by atoms with van der Waals surface area (Å²) in [4.78, 5) is 0.778. The van der Waals surface area contributed by atoms with Gasteiger partial charge in [-0.15, -0.1) is 0 Å². The Kier molecular flexibility index (Phi) is 2.90. The SMILES string of the molecule is CS(=O)c1ccc(N)c(NC2(C)COC2)c1. The molecule has 1 aliphatic rings. The van der Waals surface area contributed by atoms with Crippen LogP contribution in [0.15, 0.2) is 23.1 Å². The Labute approximate surface area is 97.6 Å². The fraction of sp³-hybridized carbons (Fsp3) is 0.455. The van der Waals surface area contributed by atoms with Crippen molar-refractivity contribution in [2.75, 3.05) is 30.5 Å². The Bertz CT molecular complexity index is 430. The molecule has 0 radical (unpaired) electrons. The highest BCUT2D eigenvalue weighted by atomic mass is 32.2. The van der Waals surface area contributed by atoms with E-state index in [9.17, 15) is 4.21 Å². The summed E-state index contributed by atoms with van der Waals surface area (Å²) in [7, 11) is -0.987. The normalized spacial score (nSPS) is 19.9. The summed E-state index contributed by atoms with van der Waals surface area (Å²) in [6.45, 7) is 3.42. The molecule has 0 amide bonds. The van der Waals surface area contributed by atoms with Crippen LogP contribution >= 0.6 is 0 Å². The molecule has 0 bridgehead atoms. The molecule has 1 aromatic rings. The van der Waals surface area contributed by atoms with Gasteiger partial charge in [0, 0.05) is 22.0 Å². The first-order valence-corrected chi connectivity index (χ1v) is 6.65. The molecule has 2 rings (SSSR count). The van der Waals surface area contributed by atoms with Crippen molar-refractivity contribution >= 4 is 22.2 Å². The number of nitrogens with one attached hydrogen (secondary N) is 1. The van der Waals surface area contributed by atoms with Crippen LogP contribution in [-0.4, -0.2) is 29.2 Å². The van der Waals surface area contributed by atoms with Crippen LogP contribution in [0, 0.1) is 0 Å². The van der Waals surface area contributed by atoms with E-state index in [1.807, 2.05) is 6.07 Å². The number of nitrogens with two attached hydrogens (primary N) is 1. The quantitative estimate of drug-likeness (QED) is 0.779. The maximum atomic E-state index is 11.4. The predicted molar refractivity (Wildman–Crippen MR) is 66.0 cm³/mol. The van der Waals surface area contributed by atoms with E-state index in [0.29, 0.717) is 18.9 Å². The largest absolute Gasteiger partial charge is 0.397 e. The molecule has 1 heterocycles. The van der Waals surface area contributed by atoms with Crippen LogP contribution in [0.25, 0.3) is 0 Å². The van der Waals surface area contributed by atoms with Crippen molar-refractivity contribution in [3.05, 3.63) is 18.2 Å². The molecular formula is C11H16N2O2S. The first-order valence-electron chi connectivity index (χ1n) is 5.09. The standard InChI is InChI=1S/C11H16N2O2S/c1-11(6-15-7-11)13-10-5-8(16(2)14)3-4-9(10)12/h3-5,13H,6-7,12H2,1-2H3. The Morgan fingerprint density at radius 3 is 2.69 bits per heavy atom. The van der Waals surface area contributed by atoms with Crippen LogP contribution in [0.3, 0.4) is 0 Å². The van der Waals surface area contributed by atoms with E-state index >= 15 is 0 Å². The Hall–Kier alpha value is -1.07. The summed E-state index contributed by atoms with van der Waals surface area (Å²) in [6.07, 6.45) is 1.66. The second kappa shape index (κ2) is 4.07. The minimum atomic E-state index is -0.987. The van der Waals surface area contributed by atoms with Crippen LogP contribution in [0.5, 0.6) is 0 Å². The Balaban J connectivity index is 2.25. The number of hydrogen-bond acceptors (Lipinski definition) is 4. The second-order valence-corrected chi connectivity index (χ2v) is 5.76. The molecule has 1 unspecified atom stereocenters. The van der Waals surface area contributed by atoms with E-state index in [-0.39, 0.29) is 5.54 Å². The zero-order chi connectivity index (χ0) is 11.8. The molecule has 1 fully saturated rings. The molecule has 0 saturated carbocycles. The number of hydrogen-bond donors (Lipinski definition) is 2. The molecule has 1 atom stereocenters. The van der Waals surface area contributed by atoms with Crippen molar-refractivity contribution in [3.8, 4) is 0 Å². The highest BCUT2D eigenvalue weighted by molar-refractivity contribution is 7.84. The smallest absolute Gasteiger partial charge is 0.0812 e. The van der Waals surface area contributed by atoms with Crippen molar-refractivity contribution in [2.45, 2.75) is 17.4 Å². The molecule has 1 aromatic carbocycles. The summed E-state index contributed by atoms with van der Waals surface area (Å²) in [6, 6.07) is 5.41. The molecule has 0 aromatic heterocycles. The van der Waals surface area contributed by atoms with Gasteiger partial charge in [-0.2, -0.15) is 0 Å². The highest BCUT2D eigenvalue weighted by Crippen LogP contribution is 2.28. The first-order chi connectivity index (χ1) is 7.50. The zero-order valence-corrected chi connectivity index (χ0v) is 10.3. The average Bonchev–Trinajstić information content (AvgIpc) is 2.18. The molecule has 5 heteroatoms. The maximum absolute atomic E-state index is 11.4. The lowest BCUT2D eigenvalue weighted by Gasteiger charge is -2.40. The minimum absolute atomic E-state index is 0.0536. The topological polar surface area (TPSA) is 64.4 Å². The van der Waals surface area contributed by atoms with Crippen molar-refractivity contribution in [1.82, 2.24) is 0 Å². The van der Waals surface area contributed by atoms with Gasteiger partial charge in [0.15, 0.2) is 0 Å². The maximum Gasteiger partial charge on any atom is 0.0812 e. The lowest BCUT2D eigenvalue weighted by molar-refractivity contribution is -0.0318. The summed E-state index contributed by atoms with van der Waals surface area (Å²) < 4.78 is 16.5. The Morgan fingerprint density at radius 1 is 1.50 bits per heavy atom. The van der Waals surface area contributed by atoms with Gasteiger partial charge in [-0.1, -0.05) is 0 Å². The average molecular weight is 240 g/mol. The molecule has 16 heavy (non-hydrogen) atoms. The third-order valence-corrected chi connectivity index (χ3v) is 3.55. The zero-order valence-electron chi connectivity index (χ0n) is 9.45. The first kappa shape index (κ1) is 11.4. The van der Waals surface area contributed by atoms with E-state index in [0.717, 1.165) is 10.6 Å². The van der Waals surface area contributed by atoms with Crippen LogP contribution in [0.1, 0.15) is 6.92 Å². The second-order valence-electron chi connectivity index (χ2n) is 4.38. The summed E-state index contributed by atoms with van der Waals surface area (Å²) in [5.74, 6) is 0. The fourth-order valence-corrected chi connectivity index (χ4v) is 2.17. The van der Waals surface area contributed by atoms with Crippen LogP contribution in [0.4, 0.5) is 11.4 Å². The number of ether oxygens (including phenoxy) is 1. The van der Waals surface area contributed by atoms with E-state index in [1.165, 1.54) is 0 Å². The molecule has 88 valence electrons. The monoisotopic (exact) mass is 240 g/mol. The summed E-state index contributed by atoms with van der Waals surface area (Å²) >= 11 is 0. The molecule has 0 aliphatic carbocycles. The highest BCUT2D eigenvalue weighted by Gasteiger charge is 2.33. The number of nitrogen functional groups attached to an aromatic ring is 1. The molecule has 4 nitrogen and oxygen atoms in total. The molecule has 0 spiro atoms. The Morgan fingerprint density at radius 2 is 2.19 bits per heavy atom. The molecule has 1 saturated heterocycles. The van der Waals surface area contributed by atoms with Crippen LogP contribution in [0.2, 0.25) is 0 Å². The van der Waals surface area contributed by atoms with E-state index in [4.69, 9.17) is 10.5 Å². The number of benzene rings is 1. The van der Waals surface area contributed by atoms with Crippen molar-refractivity contribution < 1.29 is 8.95 Å².